The highest BCUT2D eigenvalue weighted by atomic mass is 35.5. The fourth-order valence-electron chi connectivity index (χ4n) is 3.49. The van der Waals surface area contributed by atoms with Gasteiger partial charge >= 0.3 is 0 Å². The summed E-state index contributed by atoms with van der Waals surface area (Å²) in [7, 11) is 0. The number of nitrogens with zero attached hydrogens (tertiary/aromatic N) is 4. The van der Waals surface area contributed by atoms with E-state index in [1.165, 1.54) is 18.5 Å². The number of carbonyl (C=O) groups is 1. The molecule has 8 heteroatoms. The maximum absolute atomic E-state index is 13.2. The molecule has 1 fully saturated rings. The summed E-state index contributed by atoms with van der Waals surface area (Å²) in [5.41, 5.74) is 1.55. The van der Waals surface area contributed by atoms with Gasteiger partial charge in [-0.2, -0.15) is 0 Å². The maximum Gasteiger partial charge on any atom is 0.263 e. The summed E-state index contributed by atoms with van der Waals surface area (Å²) in [6, 6.07) is 15.2. The van der Waals surface area contributed by atoms with Crippen molar-refractivity contribution in [2.24, 2.45) is 0 Å². The minimum atomic E-state index is -0.629. The molecular weight excluding hydrogens is 419 g/mol. The molecule has 0 N–H and O–H groups in total. The van der Waals surface area contributed by atoms with Gasteiger partial charge in [0.2, 0.25) is 0 Å². The molecule has 0 saturated carbocycles. The van der Waals surface area contributed by atoms with Crippen LogP contribution in [0.1, 0.15) is 6.92 Å². The first-order valence-corrected chi connectivity index (χ1v) is 10.4. The van der Waals surface area contributed by atoms with Crippen LogP contribution in [0.2, 0.25) is 5.02 Å². The molecule has 3 aromatic rings. The highest BCUT2D eigenvalue weighted by molar-refractivity contribution is 6.32. The lowest BCUT2D eigenvalue weighted by Gasteiger charge is -2.36. The lowest BCUT2D eigenvalue weighted by atomic mass is 10.1. The number of amides is 1. The molecule has 0 radical (unpaired) electrons. The Labute approximate surface area is 185 Å². The molecule has 1 saturated heterocycles. The third-order valence-electron chi connectivity index (χ3n) is 5.20. The highest BCUT2D eigenvalue weighted by Gasteiger charge is 2.27. The average Bonchev–Trinajstić information content (AvgIpc) is 2.81. The van der Waals surface area contributed by atoms with E-state index in [9.17, 15) is 9.18 Å². The lowest BCUT2D eigenvalue weighted by molar-refractivity contribution is -0.138. The van der Waals surface area contributed by atoms with Crippen LogP contribution in [0.15, 0.2) is 60.9 Å². The van der Waals surface area contributed by atoms with Gasteiger partial charge in [-0.3, -0.25) is 4.79 Å². The molecule has 0 spiro atoms. The molecule has 1 aliphatic rings. The normalized spacial score (nSPS) is 14.9. The number of para-hydroxylation sites is 1. The largest absolute Gasteiger partial charge is 0.479 e. The van der Waals surface area contributed by atoms with Crippen molar-refractivity contribution in [1.82, 2.24) is 14.9 Å². The van der Waals surface area contributed by atoms with Crippen molar-refractivity contribution in [3.05, 3.63) is 71.8 Å². The van der Waals surface area contributed by atoms with E-state index in [4.69, 9.17) is 16.3 Å². The van der Waals surface area contributed by atoms with E-state index in [0.29, 0.717) is 37.0 Å². The molecule has 31 heavy (non-hydrogen) atoms. The second kappa shape index (κ2) is 9.31. The molecule has 2 aromatic carbocycles. The van der Waals surface area contributed by atoms with Crippen molar-refractivity contribution in [1.29, 1.82) is 0 Å². The van der Waals surface area contributed by atoms with Gasteiger partial charge in [0.05, 0.1) is 10.7 Å². The van der Waals surface area contributed by atoms with Gasteiger partial charge in [-0.25, -0.2) is 14.4 Å². The molecule has 1 unspecified atom stereocenters. The molecule has 1 amide bonds. The predicted molar refractivity (Wildman–Crippen MR) is 118 cm³/mol. The summed E-state index contributed by atoms with van der Waals surface area (Å²) < 4.78 is 18.9. The van der Waals surface area contributed by atoms with Gasteiger partial charge in [0.15, 0.2) is 6.10 Å². The van der Waals surface area contributed by atoms with Gasteiger partial charge in [-0.15, -0.1) is 0 Å². The molecule has 0 bridgehead atoms. The predicted octanol–water partition coefficient (Wildman–Crippen LogP) is 4.05. The third kappa shape index (κ3) is 4.94. The van der Waals surface area contributed by atoms with Crippen LogP contribution in [0, 0.1) is 5.82 Å². The van der Waals surface area contributed by atoms with E-state index >= 15 is 0 Å². The smallest absolute Gasteiger partial charge is 0.263 e. The minimum Gasteiger partial charge on any atom is -0.479 e. The Morgan fingerprint density at radius 1 is 1.06 bits per heavy atom. The monoisotopic (exact) mass is 440 g/mol. The Morgan fingerprint density at radius 3 is 2.48 bits per heavy atom. The van der Waals surface area contributed by atoms with Crippen molar-refractivity contribution in [2.45, 2.75) is 13.0 Å². The Hall–Kier alpha value is -3.19. The van der Waals surface area contributed by atoms with Gasteiger partial charge in [-0.05, 0) is 43.3 Å². The van der Waals surface area contributed by atoms with Crippen LogP contribution in [-0.2, 0) is 4.79 Å². The Morgan fingerprint density at radius 2 is 1.77 bits per heavy atom. The number of piperazine rings is 1. The van der Waals surface area contributed by atoms with Crippen molar-refractivity contribution >= 4 is 23.3 Å². The first-order valence-electron chi connectivity index (χ1n) is 10.0. The number of hydrogen-bond acceptors (Lipinski definition) is 5. The van der Waals surface area contributed by atoms with Crippen LogP contribution in [0.4, 0.5) is 10.2 Å². The number of benzene rings is 2. The van der Waals surface area contributed by atoms with Crippen molar-refractivity contribution in [3.63, 3.8) is 0 Å². The molecule has 1 atom stereocenters. The van der Waals surface area contributed by atoms with Crippen molar-refractivity contribution in [2.75, 3.05) is 31.1 Å². The van der Waals surface area contributed by atoms with E-state index in [1.54, 1.807) is 36.1 Å². The first-order chi connectivity index (χ1) is 15.0. The molecule has 1 aliphatic heterocycles. The van der Waals surface area contributed by atoms with Crippen LogP contribution in [-0.4, -0.2) is 53.1 Å². The third-order valence-corrected chi connectivity index (χ3v) is 5.51. The zero-order chi connectivity index (χ0) is 21.8. The van der Waals surface area contributed by atoms with Crippen molar-refractivity contribution in [3.8, 4) is 17.0 Å². The molecule has 1 aromatic heterocycles. The molecule has 6 nitrogen and oxygen atoms in total. The zero-order valence-electron chi connectivity index (χ0n) is 17.0. The van der Waals surface area contributed by atoms with E-state index in [0.717, 1.165) is 17.1 Å². The van der Waals surface area contributed by atoms with E-state index in [2.05, 4.69) is 14.9 Å². The number of hydrogen-bond donors (Lipinski definition) is 0. The standard InChI is InChI=1S/C23H22ClFN4O2/c1-16(31-21-5-3-2-4-19(21)24)23(30)29-12-10-28(11-13-29)22-14-20(26-15-27-22)17-6-8-18(25)9-7-17/h2-9,14-16H,10-13H2,1H3. The van der Waals surface area contributed by atoms with Crippen LogP contribution in [0.3, 0.4) is 0 Å². The molecule has 160 valence electrons. The minimum absolute atomic E-state index is 0.0748. The summed E-state index contributed by atoms with van der Waals surface area (Å²) in [6.45, 7) is 4.14. The van der Waals surface area contributed by atoms with Gasteiger partial charge < -0.3 is 14.5 Å². The maximum atomic E-state index is 13.2. The van der Waals surface area contributed by atoms with Crippen LogP contribution in [0.5, 0.6) is 5.75 Å². The fraction of sp³-hybridized carbons (Fsp3) is 0.261. The van der Waals surface area contributed by atoms with E-state index in [-0.39, 0.29) is 11.7 Å². The van der Waals surface area contributed by atoms with E-state index < -0.39 is 6.10 Å². The lowest BCUT2D eigenvalue weighted by Crippen LogP contribution is -2.52. The van der Waals surface area contributed by atoms with E-state index in [1.807, 2.05) is 18.2 Å². The SMILES string of the molecule is CC(Oc1ccccc1Cl)C(=O)N1CCN(c2cc(-c3ccc(F)cc3)ncn2)CC1. The summed E-state index contributed by atoms with van der Waals surface area (Å²) in [6.07, 6.45) is 0.876. The van der Waals surface area contributed by atoms with Crippen molar-refractivity contribution < 1.29 is 13.9 Å². The summed E-state index contributed by atoms with van der Waals surface area (Å²) in [5.74, 6) is 0.917. The second-order valence-corrected chi connectivity index (χ2v) is 7.68. The van der Waals surface area contributed by atoms with Crippen LogP contribution in [0.25, 0.3) is 11.3 Å². The second-order valence-electron chi connectivity index (χ2n) is 7.27. The summed E-state index contributed by atoms with van der Waals surface area (Å²) in [5, 5.41) is 0.479. The highest BCUT2D eigenvalue weighted by Crippen LogP contribution is 2.25. The number of rotatable bonds is 5. The molecule has 4 rings (SSSR count). The topological polar surface area (TPSA) is 58.6 Å². The van der Waals surface area contributed by atoms with Crippen LogP contribution < -0.4 is 9.64 Å². The molecule has 0 aliphatic carbocycles. The Bertz CT molecular complexity index is 1060. The average molecular weight is 441 g/mol. The number of aromatic nitrogens is 2. The first kappa shape index (κ1) is 21.1. The molecule has 2 heterocycles. The zero-order valence-corrected chi connectivity index (χ0v) is 17.8. The van der Waals surface area contributed by atoms with Gasteiger partial charge in [0, 0.05) is 37.8 Å². The molecular formula is C23H22ClFN4O2. The Kier molecular flexibility index (Phi) is 6.32. The number of ether oxygens (including phenoxy) is 1. The number of carbonyl (C=O) groups excluding carboxylic acids is 1. The number of halogens is 2. The van der Waals surface area contributed by atoms with Crippen LogP contribution >= 0.6 is 11.6 Å². The van der Waals surface area contributed by atoms with Gasteiger partial charge in [0.25, 0.3) is 5.91 Å². The quantitative estimate of drug-likeness (QED) is 0.599. The summed E-state index contributed by atoms with van der Waals surface area (Å²) >= 11 is 6.12. The fourth-order valence-corrected chi connectivity index (χ4v) is 3.67. The Balaban J connectivity index is 1.37. The van der Waals surface area contributed by atoms with Gasteiger partial charge in [0.1, 0.15) is 23.7 Å². The number of anilines is 1. The van der Waals surface area contributed by atoms with Gasteiger partial charge in [-0.1, -0.05) is 23.7 Å². The summed E-state index contributed by atoms with van der Waals surface area (Å²) in [4.78, 5) is 25.4.